The third-order valence-corrected chi connectivity index (χ3v) is 4.81. The number of nitrogens with one attached hydrogen (secondary N) is 1. The molecule has 1 heterocycles. The van der Waals surface area contributed by atoms with Gasteiger partial charge < -0.3 is 10.4 Å². The van der Waals surface area contributed by atoms with Crippen molar-refractivity contribution < 1.29 is 13.5 Å². The number of aromatic nitrogens is 1. The Bertz CT molecular complexity index is 503. The quantitative estimate of drug-likeness (QED) is 0.779. The number of rotatable bonds is 7. The second kappa shape index (κ2) is 6.83. The van der Waals surface area contributed by atoms with Crippen molar-refractivity contribution in [3.63, 3.8) is 0 Å². The third-order valence-electron chi connectivity index (χ3n) is 2.71. The molecule has 0 atom stereocenters. The second-order valence-corrected chi connectivity index (χ2v) is 6.25. The van der Waals surface area contributed by atoms with Crippen molar-refractivity contribution in [2.75, 3.05) is 25.5 Å². The molecule has 2 N–H and O–H groups in total. The van der Waals surface area contributed by atoms with E-state index in [0.717, 1.165) is 0 Å². The minimum Gasteiger partial charge on any atom is -0.396 e. The van der Waals surface area contributed by atoms with Crippen molar-refractivity contribution in [3.05, 3.63) is 18.3 Å². The summed E-state index contributed by atoms with van der Waals surface area (Å²) in [5.74, 6) is 0.331. The van der Waals surface area contributed by atoms with Crippen molar-refractivity contribution in [1.29, 1.82) is 0 Å². The molecule has 0 aliphatic heterocycles. The van der Waals surface area contributed by atoms with Crippen LogP contribution in [0.4, 0.5) is 5.82 Å². The van der Waals surface area contributed by atoms with E-state index in [2.05, 4.69) is 10.3 Å². The zero-order valence-corrected chi connectivity index (χ0v) is 12.3. The smallest absolute Gasteiger partial charge is 0.246 e. The molecule has 1 aromatic heterocycles. The van der Waals surface area contributed by atoms with Crippen molar-refractivity contribution >= 4 is 15.8 Å². The third kappa shape index (κ3) is 3.65. The van der Waals surface area contributed by atoms with Gasteiger partial charge in [-0.1, -0.05) is 0 Å². The summed E-state index contributed by atoms with van der Waals surface area (Å²) in [4.78, 5) is 4.18. The largest absolute Gasteiger partial charge is 0.396 e. The van der Waals surface area contributed by atoms with Crippen LogP contribution < -0.4 is 5.32 Å². The fourth-order valence-electron chi connectivity index (χ4n) is 1.80. The molecule has 1 aromatic rings. The van der Waals surface area contributed by atoms with E-state index in [0.29, 0.717) is 12.2 Å². The van der Waals surface area contributed by atoms with Gasteiger partial charge in [-0.2, -0.15) is 4.31 Å². The van der Waals surface area contributed by atoms with Gasteiger partial charge in [-0.05, 0) is 32.4 Å². The van der Waals surface area contributed by atoms with Crippen LogP contribution in [0.5, 0.6) is 0 Å². The van der Waals surface area contributed by atoms with Crippen LogP contribution in [0, 0.1) is 0 Å². The van der Waals surface area contributed by atoms with E-state index >= 15 is 0 Å². The first-order valence-electron chi connectivity index (χ1n) is 6.20. The molecule has 6 nitrogen and oxygen atoms in total. The van der Waals surface area contributed by atoms with Gasteiger partial charge in [-0.15, -0.1) is 0 Å². The summed E-state index contributed by atoms with van der Waals surface area (Å²) < 4.78 is 26.6. The second-order valence-electron chi connectivity index (χ2n) is 4.39. The SMILES string of the molecule is CNc1ncccc1S(=O)(=O)N(CCCO)C(C)C. The van der Waals surface area contributed by atoms with Gasteiger partial charge in [0, 0.05) is 32.4 Å². The van der Waals surface area contributed by atoms with Crippen LogP contribution in [0.2, 0.25) is 0 Å². The molecule has 0 aliphatic rings. The van der Waals surface area contributed by atoms with Gasteiger partial charge >= 0.3 is 0 Å². The zero-order chi connectivity index (χ0) is 14.5. The summed E-state index contributed by atoms with van der Waals surface area (Å²) in [7, 11) is -1.98. The average Bonchev–Trinajstić information content (AvgIpc) is 2.38. The van der Waals surface area contributed by atoms with Crippen LogP contribution in [-0.4, -0.2) is 49.1 Å². The molecule has 108 valence electrons. The molecule has 0 saturated carbocycles. The molecule has 0 amide bonds. The van der Waals surface area contributed by atoms with Gasteiger partial charge in [0.25, 0.3) is 0 Å². The minimum absolute atomic E-state index is 0.0370. The number of hydrogen-bond donors (Lipinski definition) is 2. The first-order valence-corrected chi connectivity index (χ1v) is 7.64. The zero-order valence-electron chi connectivity index (χ0n) is 11.5. The Morgan fingerprint density at radius 2 is 2.16 bits per heavy atom. The predicted octanol–water partition coefficient (Wildman–Crippen LogP) is 0.905. The number of anilines is 1. The maximum atomic E-state index is 12.6. The first-order chi connectivity index (χ1) is 8.95. The van der Waals surface area contributed by atoms with E-state index in [1.54, 1.807) is 13.1 Å². The highest BCUT2D eigenvalue weighted by Crippen LogP contribution is 2.23. The first kappa shape index (κ1) is 15.9. The van der Waals surface area contributed by atoms with E-state index in [1.165, 1.54) is 16.6 Å². The van der Waals surface area contributed by atoms with Crippen LogP contribution >= 0.6 is 0 Å². The van der Waals surface area contributed by atoms with Gasteiger partial charge in [-0.3, -0.25) is 0 Å². The average molecular weight is 287 g/mol. The molecule has 1 rings (SSSR count). The highest BCUT2D eigenvalue weighted by Gasteiger charge is 2.29. The topological polar surface area (TPSA) is 82.5 Å². The van der Waals surface area contributed by atoms with Crippen LogP contribution in [0.1, 0.15) is 20.3 Å². The predicted molar refractivity (Wildman–Crippen MR) is 74.5 cm³/mol. The van der Waals surface area contributed by atoms with Gasteiger partial charge in [0.15, 0.2) is 0 Å². The lowest BCUT2D eigenvalue weighted by Crippen LogP contribution is -2.38. The summed E-state index contributed by atoms with van der Waals surface area (Å²) in [6.07, 6.45) is 1.95. The maximum absolute atomic E-state index is 12.6. The summed E-state index contributed by atoms with van der Waals surface area (Å²) in [6, 6.07) is 2.95. The van der Waals surface area contributed by atoms with Gasteiger partial charge in [0.05, 0.1) is 0 Å². The molecule has 0 aliphatic carbocycles. The summed E-state index contributed by atoms with van der Waals surface area (Å²) in [6.45, 7) is 3.87. The van der Waals surface area contributed by atoms with Gasteiger partial charge in [0.2, 0.25) is 10.0 Å². The van der Waals surface area contributed by atoms with E-state index in [4.69, 9.17) is 5.11 Å². The van der Waals surface area contributed by atoms with Crippen LogP contribution in [0.3, 0.4) is 0 Å². The van der Waals surface area contributed by atoms with E-state index < -0.39 is 10.0 Å². The van der Waals surface area contributed by atoms with Gasteiger partial charge in [0.1, 0.15) is 10.7 Å². The van der Waals surface area contributed by atoms with E-state index in [1.807, 2.05) is 13.8 Å². The van der Waals surface area contributed by atoms with Crippen molar-refractivity contribution in [2.24, 2.45) is 0 Å². The molecular weight excluding hydrogens is 266 g/mol. The van der Waals surface area contributed by atoms with Crippen LogP contribution in [-0.2, 0) is 10.0 Å². The Morgan fingerprint density at radius 1 is 1.47 bits per heavy atom. The molecule has 0 aromatic carbocycles. The molecule has 0 radical (unpaired) electrons. The lowest BCUT2D eigenvalue weighted by molar-refractivity contribution is 0.258. The molecule has 0 unspecified atom stereocenters. The monoisotopic (exact) mass is 287 g/mol. The fourth-order valence-corrected chi connectivity index (χ4v) is 3.62. The Kier molecular flexibility index (Phi) is 5.71. The molecule has 0 fully saturated rings. The number of sulfonamides is 1. The summed E-state index contributed by atoms with van der Waals surface area (Å²) in [5, 5.41) is 11.7. The van der Waals surface area contributed by atoms with Gasteiger partial charge in [-0.25, -0.2) is 13.4 Å². The Balaban J connectivity index is 3.19. The standard InChI is InChI=1S/C12H21N3O3S/c1-10(2)15(8-5-9-16)19(17,18)11-6-4-7-14-12(11)13-3/h4,6-7,10,16H,5,8-9H2,1-3H3,(H,13,14). The molecule has 0 saturated heterocycles. The maximum Gasteiger partial charge on any atom is 0.246 e. The van der Waals surface area contributed by atoms with Crippen molar-refractivity contribution in [1.82, 2.24) is 9.29 Å². The minimum atomic E-state index is -3.62. The number of pyridine rings is 1. The van der Waals surface area contributed by atoms with Crippen molar-refractivity contribution in [2.45, 2.75) is 31.2 Å². The van der Waals surface area contributed by atoms with Crippen molar-refractivity contribution in [3.8, 4) is 0 Å². The Morgan fingerprint density at radius 3 is 2.68 bits per heavy atom. The summed E-state index contributed by atoms with van der Waals surface area (Å²) >= 11 is 0. The summed E-state index contributed by atoms with van der Waals surface area (Å²) in [5.41, 5.74) is 0. The van der Waals surface area contributed by atoms with E-state index in [9.17, 15) is 8.42 Å². The number of aliphatic hydroxyl groups excluding tert-OH is 1. The van der Waals surface area contributed by atoms with E-state index in [-0.39, 0.29) is 24.1 Å². The molecule has 19 heavy (non-hydrogen) atoms. The van der Waals surface area contributed by atoms with Crippen LogP contribution in [0.15, 0.2) is 23.2 Å². The highest BCUT2D eigenvalue weighted by atomic mass is 32.2. The van der Waals surface area contributed by atoms with Crippen LogP contribution in [0.25, 0.3) is 0 Å². The lowest BCUT2D eigenvalue weighted by atomic mass is 10.3. The Hall–Kier alpha value is -1.18. The molecule has 0 spiro atoms. The molecular formula is C12H21N3O3S. The number of hydrogen-bond acceptors (Lipinski definition) is 5. The molecule has 0 bridgehead atoms. The fraction of sp³-hybridized carbons (Fsp3) is 0.583. The molecule has 7 heteroatoms. The highest BCUT2D eigenvalue weighted by molar-refractivity contribution is 7.89. The Labute approximate surface area is 114 Å². The number of aliphatic hydroxyl groups is 1. The normalized spacial score (nSPS) is 12.1. The number of nitrogens with zero attached hydrogens (tertiary/aromatic N) is 2. The lowest BCUT2D eigenvalue weighted by Gasteiger charge is -2.26.